The summed E-state index contributed by atoms with van der Waals surface area (Å²) < 4.78 is 6.39. The molecule has 31 heavy (non-hydrogen) atoms. The van der Waals surface area contributed by atoms with Gasteiger partial charge in [0, 0.05) is 0 Å². The van der Waals surface area contributed by atoms with E-state index in [0.717, 1.165) is 0 Å². The fourth-order valence-corrected chi connectivity index (χ4v) is 5.80. The van der Waals surface area contributed by atoms with Gasteiger partial charge in [-0.1, -0.05) is 60.4 Å². The Labute approximate surface area is 194 Å². The highest BCUT2D eigenvalue weighted by atomic mass is 16.5. The number of unbranched alkanes of at least 4 members (excludes halogenated alkanes) is 1. The third-order valence-electron chi connectivity index (χ3n) is 7.88. The van der Waals surface area contributed by atoms with E-state index in [4.69, 9.17) is 4.74 Å². The molecule has 1 nitrogen and oxygen atoms in total. The van der Waals surface area contributed by atoms with Crippen LogP contribution in [0.2, 0.25) is 0 Å². The van der Waals surface area contributed by atoms with Gasteiger partial charge < -0.3 is 4.74 Å². The molecule has 2 rings (SSSR count). The molecule has 0 aromatic rings. The zero-order valence-electron chi connectivity index (χ0n) is 21.9. The van der Waals surface area contributed by atoms with Crippen molar-refractivity contribution in [3.05, 3.63) is 46.6 Å². The highest BCUT2D eigenvalue weighted by molar-refractivity contribution is 5.11. The van der Waals surface area contributed by atoms with Crippen LogP contribution in [0.4, 0.5) is 0 Å². The van der Waals surface area contributed by atoms with E-state index in [2.05, 4.69) is 79.7 Å². The first kappa shape index (κ1) is 26.2. The van der Waals surface area contributed by atoms with Crippen molar-refractivity contribution in [2.24, 2.45) is 11.3 Å². The minimum atomic E-state index is 0.132. The maximum absolute atomic E-state index is 6.39. The largest absolute Gasteiger partial charge is 0.371 e. The first-order chi connectivity index (χ1) is 14.5. The monoisotopic (exact) mass is 426 g/mol. The van der Waals surface area contributed by atoms with Crippen LogP contribution >= 0.6 is 0 Å². The van der Waals surface area contributed by atoms with E-state index < -0.39 is 0 Å². The zero-order valence-corrected chi connectivity index (χ0v) is 21.9. The quantitative estimate of drug-likeness (QED) is 0.223. The predicted molar refractivity (Wildman–Crippen MR) is 137 cm³/mol. The molecule has 2 aliphatic heterocycles. The first-order valence-electron chi connectivity index (χ1n) is 12.8. The van der Waals surface area contributed by atoms with Gasteiger partial charge in [0.15, 0.2) is 0 Å². The van der Waals surface area contributed by atoms with Crippen molar-refractivity contribution in [2.45, 2.75) is 131 Å². The Hall–Kier alpha value is -1.08. The van der Waals surface area contributed by atoms with Crippen LogP contribution in [-0.4, -0.2) is 11.7 Å². The average Bonchev–Trinajstić information content (AvgIpc) is 3.15. The van der Waals surface area contributed by atoms with Crippen molar-refractivity contribution < 1.29 is 4.74 Å². The van der Waals surface area contributed by atoms with Crippen molar-refractivity contribution in [3.8, 4) is 0 Å². The molecular weight excluding hydrogens is 376 g/mol. The van der Waals surface area contributed by atoms with Crippen LogP contribution in [0.1, 0.15) is 120 Å². The van der Waals surface area contributed by atoms with Gasteiger partial charge in [-0.2, -0.15) is 0 Å². The second-order valence-corrected chi connectivity index (χ2v) is 11.5. The lowest BCUT2D eigenvalue weighted by atomic mass is 9.62. The van der Waals surface area contributed by atoms with Gasteiger partial charge in [0.2, 0.25) is 0 Å². The zero-order chi connectivity index (χ0) is 23.1. The third-order valence-corrected chi connectivity index (χ3v) is 7.88. The molecule has 0 spiro atoms. The van der Waals surface area contributed by atoms with E-state index in [1.807, 2.05) is 0 Å². The lowest BCUT2D eigenvalue weighted by molar-refractivity contribution is 0.00469. The molecule has 0 saturated carbocycles. The lowest BCUT2D eigenvalue weighted by Gasteiger charge is -2.39. The smallest absolute Gasteiger partial charge is 0.0693 e. The number of hydrogen-bond donors (Lipinski definition) is 0. The first-order valence-corrected chi connectivity index (χ1v) is 12.8. The Bertz CT molecular complexity index is 693. The normalized spacial score (nSPS) is 28.3. The number of allylic oxidation sites excluding steroid dienone is 8. The molecule has 0 amide bonds. The maximum atomic E-state index is 6.39. The van der Waals surface area contributed by atoms with Gasteiger partial charge in [-0.3, -0.25) is 0 Å². The van der Waals surface area contributed by atoms with Crippen LogP contribution in [0.25, 0.3) is 0 Å². The van der Waals surface area contributed by atoms with Gasteiger partial charge in [-0.15, -0.1) is 0 Å². The Balaban J connectivity index is 1.66. The molecule has 2 heterocycles. The third kappa shape index (κ3) is 7.77. The molecule has 3 unspecified atom stereocenters. The van der Waals surface area contributed by atoms with Crippen molar-refractivity contribution in [2.75, 3.05) is 0 Å². The highest BCUT2D eigenvalue weighted by Gasteiger charge is 2.60. The number of rotatable bonds is 12. The second kappa shape index (κ2) is 11.7. The van der Waals surface area contributed by atoms with Crippen molar-refractivity contribution >= 4 is 0 Å². The highest BCUT2D eigenvalue weighted by Crippen LogP contribution is 2.59. The number of fused-ring (bicyclic) bond motifs is 2. The second-order valence-electron chi connectivity index (χ2n) is 11.5. The summed E-state index contributed by atoms with van der Waals surface area (Å²) in [5.74, 6) is 0.697. The van der Waals surface area contributed by atoms with Gasteiger partial charge in [0.05, 0.1) is 11.7 Å². The Kier molecular flexibility index (Phi) is 9.87. The van der Waals surface area contributed by atoms with Gasteiger partial charge in [-0.05, 0) is 117 Å². The predicted octanol–water partition coefficient (Wildman–Crippen LogP) is 9.51. The maximum Gasteiger partial charge on any atom is 0.0693 e. The topological polar surface area (TPSA) is 9.23 Å². The van der Waals surface area contributed by atoms with Crippen LogP contribution in [0.3, 0.4) is 0 Å². The minimum Gasteiger partial charge on any atom is -0.371 e. The van der Waals surface area contributed by atoms with Gasteiger partial charge in [0.25, 0.3) is 0 Å². The van der Waals surface area contributed by atoms with E-state index >= 15 is 0 Å². The summed E-state index contributed by atoms with van der Waals surface area (Å²) in [5.41, 5.74) is 6.52. The van der Waals surface area contributed by atoms with Gasteiger partial charge >= 0.3 is 0 Å². The molecule has 0 radical (unpaired) electrons. The molecule has 1 heteroatoms. The summed E-state index contributed by atoms with van der Waals surface area (Å²) in [6.45, 7) is 18.5. The van der Waals surface area contributed by atoms with Crippen molar-refractivity contribution in [3.63, 3.8) is 0 Å². The molecule has 0 aromatic heterocycles. The van der Waals surface area contributed by atoms with Crippen molar-refractivity contribution in [1.29, 1.82) is 0 Å². The van der Waals surface area contributed by atoms with Gasteiger partial charge in [0.1, 0.15) is 0 Å². The molecule has 2 saturated heterocycles. The summed E-state index contributed by atoms with van der Waals surface area (Å²) in [7, 11) is 0. The molecule has 3 atom stereocenters. The standard InChI is InChI=1S/C30H50O/c1-23(2)13-11-16-25(4)18-12-17-24(3)14-9-10-15-26(5)19-20-27-29(6,7)28-21-22-30(27,8)31-28/h13-15,18,27-28H,9-12,16-17,19-22H2,1-8H3/b24-14+,25-18+,26-15+. The minimum absolute atomic E-state index is 0.132. The molecular formula is C30H50O. The number of ether oxygens (including phenoxy) is 1. The van der Waals surface area contributed by atoms with Gasteiger partial charge in [-0.25, -0.2) is 0 Å². The van der Waals surface area contributed by atoms with Crippen LogP contribution in [0.15, 0.2) is 46.6 Å². The molecule has 0 N–H and O–H groups in total. The molecule has 2 fully saturated rings. The molecule has 0 aromatic carbocycles. The number of hydrogen-bond acceptors (Lipinski definition) is 1. The molecule has 2 bridgehead atoms. The summed E-state index contributed by atoms with van der Waals surface area (Å²) in [6, 6.07) is 0. The molecule has 2 aliphatic rings. The Morgan fingerprint density at radius 3 is 1.77 bits per heavy atom. The molecule has 0 aliphatic carbocycles. The summed E-state index contributed by atoms with van der Waals surface area (Å²) in [6.07, 6.45) is 22.3. The summed E-state index contributed by atoms with van der Waals surface area (Å²) in [4.78, 5) is 0. The van der Waals surface area contributed by atoms with Crippen LogP contribution in [0.5, 0.6) is 0 Å². The SMILES string of the molecule is CC(C)=CCC/C(C)=C/CC/C(C)=C/CC/C=C(\C)CCC1C2(C)CCC(O2)C1(C)C. The Morgan fingerprint density at radius 1 is 0.742 bits per heavy atom. The fourth-order valence-electron chi connectivity index (χ4n) is 5.80. The van der Waals surface area contributed by atoms with Crippen molar-refractivity contribution in [1.82, 2.24) is 0 Å². The summed E-state index contributed by atoms with van der Waals surface area (Å²) >= 11 is 0. The lowest BCUT2D eigenvalue weighted by Crippen LogP contribution is -2.40. The van der Waals surface area contributed by atoms with Crippen LogP contribution < -0.4 is 0 Å². The van der Waals surface area contributed by atoms with E-state index in [0.29, 0.717) is 17.4 Å². The van der Waals surface area contributed by atoms with Crippen LogP contribution in [0, 0.1) is 11.3 Å². The molecule has 176 valence electrons. The summed E-state index contributed by atoms with van der Waals surface area (Å²) in [5, 5.41) is 0. The van der Waals surface area contributed by atoms with E-state index in [-0.39, 0.29) is 5.60 Å². The average molecular weight is 427 g/mol. The Morgan fingerprint density at radius 2 is 1.26 bits per heavy atom. The van der Waals surface area contributed by atoms with Crippen LogP contribution in [-0.2, 0) is 4.74 Å². The van der Waals surface area contributed by atoms with E-state index in [1.165, 1.54) is 80.9 Å². The van der Waals surface area contributed by atoms with E-state index in [9.17, 15) is 0 Å². The van der Waals surface area contributed by atoms with E-state index in [1.54, 1.807) is 5.57 Å². The fraction of sp³-hybridized carbons (Fsp3) is 0.733.